The molecule has 0 amide bonds. The monoisotopic (exact) mass is 319 g/mol. The van der Waals surface area contributed by atoms with Gasteiger partial charge in [-0.1, -0.05) is 13.8 Å². The highest BCUT2D eigenvalue weighted by Gasteiger charge is 2.25. The summed E-state index contributed by atoms with van der Waals surface area (Å²) in [5.74, 6) is 2.67. The maximum atomic E-state index is 4.51. The Kier molecular flexibility index (Phi) is 6.48. The molecule has 0 spiro atoms. The molecule has 1 atom stereocenters. The van der Waals surface area contributed by atoms with E-state index in [-0.39, 0.29) is 0 Å². The van der Waals surface area contributed by atoms with Gasteiger partial charge in [-0.15, -0.1) is 0 Å². The van der Waals surface area contributed by atoms with Crippen molar-refractivity contribution in [3.05, 3.63) is 17.5 Å². The van der Waals surface area contributed by atoms with Crippen LogP contribution in [-0.4, -0.2) is 47.3 Å². The Labute approximate surface area is 141 Å². The lowest BCUT2D eigenvalue weighted by atomic mass is 9.97. The number of hydrogen-bond acceptors (Lipinski definition) is 2. The van der Waals surface area contributed by atoms with Crippen LogP contribution in [0.2, 0.25) is 0 Å². The van der Waals surface area contributed by atoms with Crippen molar-refractivity contribution in [2.75, 3.05) is 26.7 Å². The van der Waals surface area contributed by atoms with Gasteiger partial charge in [0.15, 0.2) is 5.96 Å². The van der Waals surface area contributed by atoms with Crippen LogP contribution in [0, 0.1) is 25.7 Å². The van der Waals surface area contributed by atoms with E-state index in [2.05, 4.69) is 51.8 Å². The number of guanidine groups is 1. The number of aryl methyl sites for hydroxylation is 3. The molecule has 1 saturated heterocycles. The molecule has 1 unspecified atom stereocenters. The zero-order chi connectivity index (χ0) is 16.8. The van der Waals surface area contributed by atoms with E-state index in [1.165, 1.54) is 18.5 Å². The molecule has 2 rings (SSSR count). The van der Waals surface area contributed by atoms with Crippen LogP contribution >= 0.6 is 0 Å². The number of rotatable bonds is 6. The topological polar surface area (TPSA) is 45.5 Å². The summed E-state index contributed by atoms with van der Waals surface area (Å²) in [7, 11) is 1.89. The molecule has 1 aromatic rings. The van der Waals surface area contributed by atoms with Crippen LogP contribution < -0.4 is 5.32 Å². The van der Waals surface area contributed by atoms with Crippen molar-refractivity contribution in [1.29, 1.82) is 0 Å². The number of nitrogens with zero attached hydrogens (tertiary/aromatic N) is 4. The normalized spacial score (nSPS) is 19.0. The fourth-order valence-corrected chi connectivity index (χ4v) is 3.55. The summed E-state index contributed by atoms with van der Waals surface area (Å²) in [6.07, 6.45) is 3.68. The molecule has 1 fully saturated rings. The Bertz CT molecular complexity index is 517. The van der Waals surface area contributed by atoms with Gasteiger partial charge in [0.05, 0.1) is 5.69 Å². The van der Waals surface area contributed by atoms with E-state index in [1.54, 1.807) is 0 Å². The number of nitrogens with one attached hydrogen (secondary N) is 1. The van der Waals surface area contributed by atoms with Crippen LogP contribution in [0.4, 0.5) is 0 Å². The van der Waals surface area contributed by atoms with Crippen LogP contribution in [0.25, 0.3) is 0 Å². The van der Waals surface area contributed by atoms with Gasteiger partial charge in [-0.2, -0.15) is 5.10 Å². The van der Waals surface area contributed by atoms with Crippen molar-refractivity contribution in [1.82, 2.24) is 20.0 Å². The van der Waals surface area contributed by atoms with E-state index < -0.39 is 0 Å². The van der Waals surface area contributed by atoms with Gasteiger partial charge in [0.1, 0.15) is 0 Å². The summed E-state index contributed by atoms with van der Waals surface area (Å²) in [5.41, 5.74) is 2.34. The second kappa shape index (κ2) is 8.37. The van der Waals surface area contributed by atoms with Gasteiger partial charge >= 0.3 is 0 Å². The predicted molar refractivity (Wildman–Crippen MR) is 96.8 cm³/mol. The number of aliphatic imine (C=N–C) groups is 1. The molecule has 0 aromatic carbocycles. The Morgan fingerprint density at radius 2 is 2.22 bits per heavy atom. The first kappa shape index (κ1) is 17.8. The van der Waals surface area contributed by atoms with Crippen LogP contribution in [0.15, 0.2) is 11.1 Å². The van der Waals surface area contributed by atoms with Crippen molar-refractivity contribution in [3.63, 3.8) is 0 Å². The Morgan fingerprint density at radius 3 is 2.83 bits per heavy atom. The smallest absolute Gasteiger partial charge is 0.193 e. The van der Waals surface area contributed by atoms with Crippen LogP contribution in [0.3, 0.4) is 0 Å². The lowest BCUT2D eigenvalue weighted by Crippen LogP contribution is -2.40. The zero-order valence-corrected chi connectivity index (χ0v) is 15.5. The van der Waals surface area contributed by atoms with E-state index in [1.807, 2.05) is 14.0 Å². The molecule has 5 nitrogen and oxygen atoms in total. The van der Waals surface area contributed by atoms with Crippen molar-refractivity contribution in [2.45, 2.75) is 53.5 Å². The van der Waals surface area contributed by atoms with Crippen molar-refractivity contribution < 1.29 is 0 Å². The number of aromatic nitrogens is 2. The largest absolute Gasteiger partial charge is 0.356 e. The summed E-state index contributed by atoms with van der Waals surface area (Å²) in [6.45, 7) is 13.0. The van der Waals surface area contributed by atoms with E-state index in [4.69, 9.17) is 0 Å². The Hall–Kier alpha value is -1.52. The van der Waals surface area contributed by atoms with E-state index in [0.717, 1.165) is 56.1 Å². The molecule has 1 N–H and O–H groups in total. The third-order valence-corrected chi connectivity index (χ3v) is 4.54. The fraction of sp³-hybridized carbons (Fsp3) is 0.778. The molecular weight excluding hydrogens is 286 g/mol. The third-order valence-electron chi connectivity index (χ3n) is 4.54. The van der Waals surface area contributed by atoms with Gasteiger partial charge in [-0.25, -0.2) is 0 Å². The van der Waals surface area contributed by atoms with Gasteiger partial charge < -0.3 is 10.2 Å². The van der Waals surface area contributed by atoms with Crippen LogP contribution in [-0.2, 0) is 6.54 Å². The first-order valence-corrected chi connectivity index (χ1v) is 8.96. The summed E-state index contributed by atoms with van der Waals surface area (Å²) in [5, 5.41) is 8.03. The summed E-state index contributed by atoms with van der Waals surface area (Å²) >= 11 is 0. The molecule has 1 aromatic heterocycles. The number of hydrogen-bond donors (Lipinski definition) is 1. The zero-order valence-electron chi connectivity index (χ0n) is 15.5. The quantitative estimate of drug-likeness (QED) is 0.498. The van der Waals surface area contributed by atoms with Crippen LogP contribution in [0.5, 0.6) is 0 Å². The molecule has 1 aliphatic rings. The number of likely N-dealkylation sites (tertiary alicyclic amines) is 1. The fourth-order valence-electron chi connectivity index (χ4n) is 3.55. The summed E-state index contributed by atoms with van der Waals surface area (Å²) < 4.78 is 2.09. The summed E-state index contributed by atoms with van der Waals surface area (Å²) in [4.78, 5) is 6.87. The van der Waals surface area contributed by atoms with E-state index in [9.17, 15) is 0 Å². The van der Waals surface area contributed by atoms with Gasteiger partial charge in [0.25, 0.3) is 0 Å². The molecule has 1 aliphatic heterocycles. The maximum Gasteiger partial charge on any atom is 0.193 e. The minimum Gasteiger partial charge on any atom is -0.356 e. The molecule has 0 radical (unpaired) electrons. The molecule has 0 bridgehead atoms. The molecular formula is C18H33N5. The van der Waals surface area contributed by atoms with Gasteiger partial charge in [-0.05, 0) is 51.0 Å². The van der Waals surface area contributed by atoms with E-state index >= 15 is 0 Å². The highest BCUT2D eigenvalue weighted by molar-refractivity contribution is 5.80. The average molecular weight is 319 g/mol. The SMILES string of the molecule is CN=C(NCCCn1nc(C)cc1C)N1CCC(CC(C)C)C1. The van der Waals surface area contributed by atoms with Crippen molar-refractivity contribution in [2.24, 2.45) is 16.8 Å². The minimum atomic E-state index is 0.788. The minimum absolute atomic E-state index is 0.788. The summed E-state index contributed by atoms with van der Waals surface area (Å²) in [6, 6.07) is 2.13. The van der Waals surface area contributed by atoms with Gasteiger partial charge in [0.2, 0.25) is 0 Å². The Morgan fingerprint density at radius 1 is 1.43 bits per heavy atom. The standard InChI is InChI=1S/C18H33N5/c1-14(2)11-17-7-10-22(13-17)18(19-5)20-8-6-9-23-16(4)12-15(3)21-23/h12,14,17H,6-11,13H2,1-5H3,(H,19,20). The predicted octanol–water partition coefficient (Wildman–Crippen LogP) is 2.83. The van der Waals surface area contributed by atoms with E-state index in [0.29, 0.717) is 0 Å². The second-order valence-electron chi connectivity index (χ2n) is 7.21. The van der Waals surface area contributed by atoms with Crippen molar-refractivity contribution in [3.8, 4) is 0 Å². The van der Waals surface area contributed by atoms with Crippen molar-refractivity contribution >= 4 is 5.96 Å². The van der Waals surface area contributed by atoms with Gasteiger partial charge in [0, 0.05) is 38.9 Å². The lowest BCUT2D eigenvalue weighted by Gasteiger charge is -2.22. The highest BCUT2D eigenvalue weighted by Crippen LogP contribution is 2.23. The Balaban J connectivity index is 1.72. The molecule has 0 saturated carbocycles. The molecule has 130 valence electrons. The maximum absolute atomic E-state index is 4.51. The molecule has 23 heavy (non-hydrogen) atoms. The first-order chi connectivity index (χ1) is 11.0. The van der Waals surface area contributed by atoms with Crippen LogP contribution in [0.1, 0.15) is 44.5 Å². The first-order valence-electron chi connectivity index (χ1n) is 8.96. The molecule has 0 aliphatic carbocycles. The highest BCUT2D eigenvalue weighted by atomic mass is 15.3. The van der Waals surface area contributed by atoms with Gasteiger partial charge in [-0.3, -0.25) is 9.67 Å². The second-order valence-corrected chi connectivity index (χ2v) is 7.21. The average Bonchev–Trinajstić information content (AvgIpc) is 3.05. The molecule has 2 heterocycles. The molecule has 5 heteroatoms. The third kappa shape index (κ3) is 5.26. The lowest BCUT2D eigenvalue weighted by molar-refractivity contribution is 0.403.